The monoisotopic (exact) mass is 489 g/mol. The summed E-state index contributed by atoms with van der Waals surface area (Å²) in [6.45, 7) is 1.76. The van der Waals surface area contributed by atoms with Crippen LogP contribution in [0.1, 0.15) is 31.3 Å². The molecule has 8 heteroatoms. The number of hydrogen-bond donors (Lipinski definition) is 2. The highest BCUT2D eigenvalue weighted by Crippen LogP contribution is 2.42. The van der Waals surface area contributed by atoms with Gasteiger partial charge in [0.05, 0.1) is 4.88 Å². The zero-order valence-corrected chi connectivity index (χ0v) is 19.3. The van der Waals surface area contributed by atoms with Gasteiger partial charge in [-0.25, -0.2) is 14.2 Å². The standard InChI is InChI=1S/C26H16FNO4S2/c1-13-2-7-16(27)10-19(13)23(30)24-22(18-9-8-17(29)11-21(18)34-24)14-3-5-15(6-4-14)25-28-20(12-33-25)26(31)32/h2-12,29H,1H3,(H,31,32). The third kappa shape index (κ3) is 3.87. The van der Waals surface area contributed by atoms with Gasteiger partial charge in [-0.05, 0) is 48.4 Å². The maximum Gasteiger partial charge on any atom is 0.355 e. The predicted molar refractivity (Wildman–Crippen MR) is 132 cm³/mol. The van der Waals surface area contributed by atoms with Crippen LogP contribution in [0.25, 0.3) is 31.8 Å². The number of carbonyl (C=O) groups is 2. The Morgan fingerprint density at radius 2 is 1.71 bits per heavy atom. The first-order valence-electron chi connectivity index (χ1n) is 10.2. The van der Waals surface area contributed by atoms with Crippen LogP contribution in [0.4, 0.5) is 4.39 Å². The fourth-order valence-corrected chi connectivity index (χ4v) is 5.79. The third-order valence-electron chi connectivity index (χ3n) is 5.47. The topological polar surface area (TPSA) is 87.5 Å². The number of phenolic OH excluding ortho intramolecular Hbond substituents is 1. The van der Waals surface area contributed by atoms with Gasteiger partial charge in [-0.15, -0.1) is 22.7 Å². The number of hydrogen-bond acceptors (Lipinski definition) is 6. The molecule has 5 rings (SSSR count). The van der Waals surface area contributed by atoms with Crippen LogP contribution < -0.4 is 0 Å². The molecular formula is C26H16FNO4S2. The summed E-state index contributed by atoms with van der Waals surface area (Å²) in [6.07, 6.45) is 0. The van der Waals surface area contributed by atoms with Crippen LogP contribution in [0.5, 0.6) is 5.75 Å². The van der Waals surface area contributed by atoms with E-state index in [9.17, 15) is 19.1 Å². The Hall–Kier alpha value is -3.88. The van der Waals surface area contributed by atoms with E-state index < -0.39 is 11.8 Å². The van der Waals surface area contributed by atoms with Crippen LogP contribution in [-0.2, 0) is 0 Å². The number of rotatable bonds is 5. The lowest BCUT2D eigenvalue weighted by Gasteiger charge is -2.08. The number of benzene rings is 3. The SMILES string of the molecule is Cc1ccc(F)cc1C(=O)c1sc2cc(O)ccc2c1-c1ccc(-c2nc(C(=O)O)cs2)cc1. The Bertz CT molecular complexity index is 1580. The highest BCUT2D eigenvalue weighted by molar-refractivity contribution is 7.21. The number of carboxylic acid groups (broad SMARTS) is 1. The fraction of sp³-hybridized carbons (Fsp3) is 0.0385. The van der Waals surface area contributed by atoms with E-state index in [-0.39, 0.29) is 22.8 Å². The van der Waals surface area contributed by atoms with E-state index in [2.05, 4.69) is 4.98 Å². The number of aromatic hydroxyl groups is 1. The van der Waals surface area contributed by atoms with Crippen molar-refractivity contribution in [2.24, 2.45) is 0 Å². The molecule has 0 unspecified atom stereocenters. The number of aromatic nitrogens is 1. The lowest BCUT2D eigenvalue weighted by molar-refractivity contribution is 0.0691. The summed E-state index contributed by atoms with van der Waals surface area (Å²) in [5.74, 6) is -1.76. The van der Waals surface area contributed by atoms with E-state index in [0.29, 0.717) is 21.0 Å². The van der Waals surface area contributed by atoms with Gasteiger partial charge in [0.1, 0.15) is 16.6 Å². The van der Waals surface area contributed by atoms with Crippen LogP contribution >= 0.6 is 22.7 Å². The zero-order valence-electron chi connectivity index (χ0n) is 17.7. The van der Waals surface area contributed by atoms with E-state index in [0.717, 1.165) is 21.2 Å². The van der Waals surface area contributed by atoms with Crippen LogP contribution in [0.15, 0.2) is 66.0 Å². The molecular weight excluding hydrogens is 473 g/mol. The summed E-state index contributed by atoms with van der Waals surface area (Å²) >= 11 is 2.49. The summed E-state index contributed by atoms with van der Waals surface area (Å²) in [7, 11) is 0. The Balaban J connectivity index is 1.64. The molecule has 5 nitrogen and oxygen atoms in total. The summed E-state index contributed by atoms with van der Waals surface area (Å²) in [4.78, 5) is 29.3. The van der Waals surface area contributed by atoms with Crippen molar-refractivity contribution in [3.8, 4) is 27.4 Å². The van der Waals surface area contributed by atoms with Crippen molar-refractivity contribution < 1.29 is 24.2 Å². The molecule has 2 N–H and O–H groups in total. The van der Waals surface area contributed by atoms with Crippen LogP contribution in [0.2, 0.25) is 0 Å². The predicted octanol–water partition coefficient (Wildman–Crippen LogP) is 6.77. The molecule has 0 saturated carbocycles. The Morgan fingerprint density at radius 1 is 0.971 bits per heavy atom. The van der Waals surface area contributed by atoms with Gasteiger partial charge in [0.2, 0.25) is 5.78 Å². The summed E-state index contributed by atoms with van der Waals surface area (Å²) in [5.41, 5.74) is 3.18. The van der Waals surface area contributed by atoms with Gasteiger partial charge in [-0.1, -0.05) is 30.3 Å². The second-order valence-electron chi connectivity index (χ2n) is 7.70. The van der Waals surface area contributed by atoms with Crippen LogP contribution in [-0.4, -0.2) is 26.9 Å². The van der Waals surface area contributed by atoms with E-state index in [4.69, 9.17) is 5.11 Å². The molecule has 0 bridgehead atoms. The highest BCUT2D eigenvalue weighted by atomic mass is 32.1. The van der Waals surface area contributed by atoms with Crippen LogP contribution in [0.3, 0.4) is 0 Å². The van der Waals surface area contributed by atoms with Gasteiger partial charge < -0.3 is 10.2 Å². The number of phenols is 1. The molecule has 0 amide bonds. The van der Waals surface area contributed by atoms with Crippen molar-refractivity contribution in [1.29, 1.82) is 0 Å². The number of aromatic carboxylic acids is 1. The Labute approximate surface area is 201 Å². The van der Waals surface area contributed by atoms with Crippen molar-refractivity contribution in [3.05, 3.63) is 93.6 Å². The van der Waals surface area contributed by atoms with Gasteiger partial charge in [0, 0.05) is 32.2 Å². The quantitative estimate of drug-likeness (QED) is 0.266. The minimum Gasteiger partial charge on any atom is -0.508 e. The molecule has 0 aliphatic carbocycles. The number of halogens is 1. The van der Waals surface area contributed by atoms with E-state index in [1.807, 2.05) is 24.3 Å². The number of thiophene rings is 1. The molecule has 0 atom stereocenters. The Kier molecular flexibility index (Phi) is 5.47. The molecule has 5 aromatic rings. The minimum absolute atomic E-state index is 0.00828. The van der Waals surface area contributed by atoms with Gasteiger partial charge in [-0.3, -0.25) is 4.79 Å². The van der Waals surface area contributed by atoms with E-state index >= 15 is 0 Å². The molecule has 2 aromatic heterocycles. The highest BCUT2D eigenvalue weighted by Gasteiger charge is 2.23. The number of fused-ring (bicyclic) bond motifs is 1. The second-order valence-corrected chi connectivity index (χ2v) is 9.61. The molecule has 0 fully saturated rings. The second kappa shape index (κ2) is 8.48. The average molecular weight is 490 g/mol. The number of ketones is 1. The zero-order chi connectivity index (χ0) is 24.0. The molecule has 168 valence electrons. The molecule has 0 aliphatic rings. The van der Waals surface area contributed by atoms with Gasteiger partial charge in [-0.2, -0.15) is 0 Å². The van der Waals surface area contributed by atoms with Crippen molar-refractivity contribution in [2.75, 3.05) is 0 Å². The van der Waals surface area contributed by atoms with Crippen molar-refractivity contribution >= 4 is 44.5 Å². The first-order valence-corrected chi connectivity index (χ1v) is 11.9. The molecule has 0 aliphatic heterocycles. The Morgan fingerprint density at radius 3 is 2.41 bits per heavy atom. The fourth-order valence-electron chi connectivity index (χ4n) is 3.78. The summed E-state index contributed by atoms with van der Waals surface area (Å²) < 4.78 is 14.7. The van der Waals surface area contributed by atoms with Crippen molar-refractivity contribution in [2.45, 2.75) is 6.92 Å². The minimum atomic E-state index is -1.08. The average Bonchev–Trinajstić information content (AvgIpc) is 3.45. The maximum atomic E-state index is 13.9. The number of thiazole rings is 1. The van der Waals surface area contributed by atoms with E-state index in [1.165, 1.54) is 40.2 Å². The lowest BCUT2D eigenvalue weighted by Crippen LogP contribution is -2.04. The smallest absolute Gasteiger partial charge is 0.355 e. The molecule has 2 heterocycles. The summed E-state index contributed by atoms with van der Waals surface area (Å²) in [5, 5.41) is 22.0. The maximum absolute atomic E-state index is 13.9. The number of aryl methyl sites for hydroxylation is 1. The summed E-state index contributed by atoms with van der Waals surface area (Å²) in [6, 6.07) is 16.4. The molecule has 34 heavy (non-hydrogen) atoms. The van der Waals surface area contributed by atoms with Crippen molar-refractivity contribution in [3.63, 3.8) is 0 Å². The largest absolute Gasteiger partial charge is 0.508 e. The van der Waals surface area contributed by atoms with E-state index in [1.54, 1.807) is 31.2 Å². The van der Waals surface area contributed by atoms with Crippen molar-refractivity contribution in [1.82, 2.24) is 4.98 Å². The molecule has 0 spiro atoms. The number of carbonyl (C=O) groups excluding carboxylic acids is 1. The lowest BCUT2D eigenvalue weighted by atomic mass is 9.96. The molecule has 3 aromatic carbocycles. The molecule has 0 saturated heterocycles. The number of nitrogens with zero attached hydrogens (tertiary/aromatic N) is 1. The molecule has 0 radical (unpaired) electrons. The van der Waals surface area contributed by atoms with Crippen LogP contribution in [0, 0.1) is 12.7 Å². The normalized spacial score (nSPS) is 11.1. The van der Waals surface area contributed by atoms with Gasteiger partial charge in [0.25, 0.3) is 0 Å². The van der Waals surface area contributed by atoms with Gasteiger partial charge in [0.15, 0.2) is 5.69 Å². The first-order chi connectivity index (χ1) is 16.3. The third-order valence-corrected chi connectivity index (χ3v) is 7.51. The first kappa shape index (κ1) is 21.9. The van der Waals surface area contributed by atoms with Gasteiger partial charge >= 0.3 is 5.97 Å². The number of carboxylic acids is 1.